The van der Waals surface area contributed by atoms with Crippen molar-refractivity contribution in [1.82, 2.24) is 10.2 Å². The molecule has 2 heterocycles. The maximum absolute atomic E-state index is 12.4. The minimum atomic E-state index is -0.885. The minimum Gasteiger partial charge on any atom is -0.459 e. The summed E-state index contributed by atoms with van der Waals surface area (Å²) < 4.78 is 5.12. The van der Waals surface area contributed by atoms with Crippen molar-refractivity contribution in [1.29, 1.82) is 0 Å². The highest BCUT2D eigenvalue weighted by Crippen LogP contribution is 2.21. The molecule has 0 saturated carbocycles. The van der Waals surface area contributed by atoms with Gasteiger partial charge in [-0.3, -0.25) is 9.59 Å². The van der Waals surface area contributed by atoms with E-state index in [2.05, 4.69) is 5.32 Å². The molecule has 0 aromatic carbocycles. The molecule has 122 valence electrons. The molecule has 0 bridgehead atoms. The van der Waals surface area contributed by atoms with Crippen LogP contribution in [-0.4, -0.2) is 46.6 Å². The summed E-state index contributed by atoms with van der Waals surface area (Å²) in [6, 6.07) is 2.76. The molecular weight excluding hydrogens is 284 g/mol. The second kappa shape index (κ2) is 6.96. The first-order chi connectivity index (χ1) is 10.5. The Hall–Kier alpha value is -1.82. The SMILES string of the molecule is CCC(O)(CC)CNC(=O)C1CCCN1C(=O)c1ccco1. The first kappa shape index (κ1) is 16.5. The number of hydrogen-bond donors (Lipinski definition) is 2. The third-order valence-electron chi connectivity index (χ3n) is 4.46. The lowest BCUT2D eigenvalue weighted by atomic mass is 9.97. The number of aliphatic hydroxyl groups is 1. The van der Waals surface area contributed by atoms with E-state index in [0.29, 0.717) is 25.8 Å². The van der Waals surface area contributed by atoms with Gasteiger partial charge in [-0.2, -0.15) is 0 Å². The van der Waals surface area contributed by atoms with E-state index in [9.17, 15) is 14.7 Å². The fourth-order valence-corrected chi connectivity index (χ4v) is 2.69. The van der Waals surface area contributed by atoms with Crippen molar-refractivity contribution < 1.29 is 19.1 Å². The van der Waals surface area contributed by atoms with Gasteiger partial charge in [0.2, 0.25) is 5.91 Å². The summed E-state index contributed by atoms with van der Waals surface area (Å²) in [5, 5.41) is 13.0. The molecule has 1 aromatic rings. The van der Waals surface area contributed by atoms with Gasteiger partial charge in [-0.15, -0.1) is 0 Å². The van der Waals surface area contributed by atoms with Crippen molar-refractivity contribution in [2.75, 3.05) is 13.1 Å². The first-order valence-electron chi connectivity index (χ1n) is 7.85. The van der Waals surface area contributed by atoms with Crippen molar-refractivity contribution in [3.63, 3.8) is 0 Å². The predicted molar refractivity (Wildman–Crippen MR) is 81.3 cm³/mol. The third-order valence-corrected chi connectivity index (χ3v) is 4.46. The second-order valence-electron chi connectivity index (χ2n) is 5.78. The number of rotatable bonds is 6. The molecule has 2 amide bonds. The van der Waals surface area contributed by atoms with Crippen LogP contribution in [0.3, 0.4) is 0 Å². The van der Waals surface area contributed by atoms with E-state index >= 15 is 0 Å². The van der Waals surface area contributed by atoms with Gasteiger partial charge in [-0.1, -0.05) is 13.8 Å². The lowest BCUT2D eigenvalue weighted by Crippen LogP contribution is -2.50. The quantitative estimate of drug-likeness (QED) is 0.835. The summed E-state index contributed by atoms with van der Waals surface area (Å²) >= 11 is 0. The Morgan fingerprint density at radius 1 is 1.45 bits per heavy atom. The Morgan fingerprint density at radius 3 is 2.77 bits per heavy atom. The molecule has 22 heavy (non-hydrogen) atoms. The van der Waals surface area contributed by atoms with Crippen molar-refractivity contribution in [3.05, 3.63) is 24.2 Å². The number of amides is 2. The fraction of sp³-hybridized carbons (Fsp3) is 0.625. The molecule has 0 spiro atoms. The third kappa shape index (κ3) is 3.50. The van der Waals surface area contributed by atoms with Gasteiger partial charge in [-0.25, -0.2) is 0 Å². The van der Waals surface area contributed by atoms with Crippen LogP contribution in [0.4, 0.5) is 0 Å². The molecule has 1 aliphatic heterocycles. The summed E-state index contributed by atoms with van der Waals surface area (Å²) in [7, 11) is 0. The minimum absolute atomic E-state index is 0.206. The highest BCUT2D eigenvalue weighted by molar-refractivity contribution is 5.95. The smallest absolute Gasteiger partial charge is 0.290 e. The summed E-state index contributed by atoms with van der Waals surface area (Å²) in [4.78, 5) is 26.2. The van der Waals surface area contributed by atoms with Crippen molar-refractivity contribution in [2.45, 2.75) is 51.2 Å². The molecule has 6 heteroatoms. The monoisotopic (exact) mass is 308 g/mol. The van der Waals surface area contributed by atoms with Gasteiger partial charge in [0.25, 0.3) is 5.91 Å². The van der Waals surface area contributed by atoms with E-state index in [1.54, 1.807) is 17.0 Å². The van der Waals surface area contributed by atoms with E-state index in [-0.39, 0.29) is 24.1 Å². The first-order valence-corrected chi connectivity index (χ1v) is 7.85. The topological polar surface area (TPSA) is 82.8 Å². The average Bonchev–Trinajstić information content (AvgIpc) is 3.22. The molecule has 0 aliphatic carbocycles. The molecular formula is C16H24N2O4. The van der Waals surface area contributed by atoms with Crippen LogP contribution in [0.5, 0.6) is 0 Å². The van der Waals surface area contributed by atoms with Gasteiger partial charge in [-0.05, 0) is 37.8 Å². The van der Waals surface area contributed by atoms with Crippen LogP contribution in [0.1, 0.15) is 50.1 Å². The van der Waals surface area contributed by atoms with Gasteiger partial charge >= 0.3 is 0 Å². The van der Waals surface area contributed by atoms with Gasteiger partial charge in [0.15, 0.2) is 5.76 Å². The highest BCUT2D eigenvalue weighted by Gasteiger charge is 2.36. The van der Waals surface area contributed by atoms with Gasteiger partial charge in [0.1, 0.15) is 6.04 Å². The number of carbonyl (C=O) groups excluding carboxylic acids is 2. The Labute approximate surface area is 130 Å². The van der Waals surface area contributed by atoms with Crippen LogP contribution in [0.2, 0.25) is 0 Å². The largest absolute Gasteiger partial charge is 0.459 e. The fourth-order valence-electron chi connectivity index (χ4n) is 2.69. The molecule has 1 fully saturated rings. The Kier molecular flexibility index (Phi) is 5.24. The van der Waals surface area contributed by atoms with Crippen LogP contribution in [0, 0.1) is 0 Å². The van der Waals surface area contributed by atoms with E-state index in [4.69, 9.17) is 4.42 Å². The molecule has 1 aliphatic rings. The van der Waals surface area contributed by atoms with Crippen LogP contribution in [0.25, 0.3) is 0 Å². The number of carbonyl (C=O) groups is 2. The molecule has 1 unspecified atom stereocenters. The van der Waals surface area contributed by atoms with E-state index in [1.165, 1.54) is 6.26 Å². The lowest BCUT2D eigenvalue weighted by molar-refractivity contribution is -0.126. The van der Waals surface area contributed by atoms with E-state index in [0.717, 1.165) is 6.42 Å². The molecule has 1 saturated heterocycles. The maximum Gasteiger partial charge on any atom is 0.290 e. The normalized spacial score (nSPS) is 18.5. The summed E-state index contributed by atoms with van der Waals surface area (Å²) in [6.45, 7) is 4.53. The molecule has 2 rings (SSSR count). The van der Waals surface area contributed by atoms with E-state index in [1.807, 2.05) is 13.8 Å². The Bertz CT molecular complexity index is 508. The summed E-state index contributed by atoms with van der Waals surface area (Å²) in [6.07, 6.45) is 4.01. The zero-order chi connectivity index (χ0) is 16.2. The molecule has 1 atom stereocenters. The van der Waals surface area contributed by atoms with Crippen LogP contribution >= 0.6 is 0 Å². The standard InChI is InChI=1S/C16H24N2O4/c1-3-16(21,4-2)11-17-14(19)12-7-5-9-18(12)15(20)13-8-6-10-22-13/h6,8,10,12,21H,3-5,7,9,11H2,1-2H3,(H,17,19). The number of likely N-dealkylation sites (tertiary alicyclic amines) is 1. The van der Waals surface area contributed by atoms with Crippen molar-refractivity contribution in [3.8, 4) is 0 Å². The number of hydrogen-bond acceptors (Lipinski definition) is 4. The second-order valence-corrected chi connectivity index (χ2v) is 5.78. The zero-order valence-electron chi connectivity index (χ0n) is 13.2. The van der Waals surface area contributed by atoms with Crippen molar-refractivity contribution in [2.24, 2.45) is 0 Å². The average molecular weight is 308 g/mol. The van der Waals surface area contributed by atoms with Gasteiger partial charge in [0, 0.05) is 13.1 Å². The number of nitrogens with zero attached hydrogens (tertiary/aromatic N) is 1. The molecule has 0 radical (unpaired) electrons. The van der Waals surface area contributed by atoms with E-state index < -0.39 is 11.6 Å². The predicted octanol–water partition coefficient (Wildman–Crippen LogP) is 1.55. The molecule has 1 aromatic heterocycles. The number of nitrogens with one attached hydrogen (secondary N) is 1. The van der Waals surface area contributed by atoms with Crippen molar-refractivity contribution >= 4 is 11.8 Å². The molecule has 2 N–H and O–H groups in total. The Balaban J connectivity index is 1.98. The maximum atomic E-state index is 12.4. The van der Waals surface area contributed by atoms with Crippen LogP contribution < -0.4 is 5.32 Å². The molecule has 6 nitrogen and oxygen atoms in total. The zero-order valence-corrected chi connectivity index (χ0v) is 13.2. The highest BCUT2D eigenvalue weighted by atomic mass is 16.3. The van der Waals surface area contributed by atoms with Gasteiger partial charge in [0.05, 0.1) is 11.9 Å². The van der Waals surface area contributed by atoms with Gasteiger partial charge < -0.3 is 19.7 Å². The number of furan rings is 1. The summed E-state index contributed by atoms with van der Waals surface area (Å²) in [5.74, 6) is -0.222. The van der Waals surface area contributed by atoms with Crippen LogP contribution in [0.15, 0.2) is 22.8 Å². The Morgan fingerprint density at radius 2 is 2.18 bits per heavy atom. The van der Waals surface area contributed by atoms with Crippen LogP contribution in [-0.2, 0) is 4.79 Å². The lowest BCUT2D eigenvalue weighted by Gasteiger charge is -2.28. The summed E-state index contributed by atoms with van der Waals surface area (Å²) in [5.41, 5.74) is -0.885.